The summed E-state index contributed by atoms with van der Waals surface area (Å²) in [6, 6.07) is 11.7. The Morgan fingerprint density at radius 1 is 1.00 bits per heavy atom. The highest BCUT2D eigenvalue weighted by atomic mass is 35.5. The summed E-state index contributed by atoms with van der Waals surface area (Å²) < 4.78 is 0. The van der Waals surface area contributed by atoms with Crippen molar-refractivity contribution < 1.29 is 4.79 Å². The van der Waals surface area contributed by atoms with E-state index >= 15 is 0 Å². The van der Waals surface area contributed by atoms with Crippen LogP contribution in [-0.4, -0.2) is 21.1 Å². The van der Waals surface area contributed by atoms with Crippen LogP contribution in [0.5, 0.6) is 0 Å². The van der Waals surface area contributed by atoms with Gasteiger partial charge in [0.15, 0.2) is 11.6 Å². The lowest BCUT2D eigenvalue weighted by molar-refractivity contribution is 0.102. The van der Waals surface area contributed by atoms with E-state index < -0.39 is 0 Å². The Morgan fingerprint density at radius 3 is 2.46 bits per heavy atom. The Bertz CT molecular complexity index is 856. The molecule has 8 heteroatoms. The van der Waals surface area contributed by atoms with Gasteiger partial charge in [-0.1, -0.05) is 23.2 Å². The summed E-state index contributed by atoms with van der Waals surface area (Å²) in [7, 11) is 0. The third-order valence-corrected chi connectivity index (χ3v) is 3.57. The van der Waals surface area contributed by atoms with E-state index in [1.807, 2.05) is 0 Å². The quantitative estimate of drug-likeness (QED) is 0.730. The van der Waals surface area contributed by atoms with Crippen LogP contribution in [0.15, 0.2) is 54.9 Å². The molecule has 2 N–H and O–H groups in total. The summed E-state index contributed by atoms with van der Waals surface area (Å²) in [5.41, 5.74) is 1.09. The summed E-state index contributed by atoms with van der Waals surface area (Å²) in [6.45, 7) is 0. The van der Waals surface area contributed by atoms with Crippen molar-refractivity contribution in [1.29, 1.82) is 0 Å². The van der Waals surface area contributed by atoms with Crippen molar-refractivity contribution in [2.45, 2.75) is 0 Å². The number of nitrogens with one attached hydrogen (secondary N) is 2. The maximum absolute atomic E-state index is 12.0. The molecule has 3 rings (SSSR count). The molecule has 120 valence electrons. The van der Waals surface area contributed by atoms with Crippen LogP contribution in [0.1, 0.15) is 10.4 Å². The smallest absolute Gasteiger partial charge is 0.258 e. The molecular weight excluding hydrogens is 349 g/mol. The van der Waals surface area contributed by atoms with Crippen LogP contribution in [0.25, 0.3) is 0 Å². The van der Waals surface area contributed by atoms with Crippen molar-refractivity contribution >= 4 is 46.4 Å². The van der Waals surface area contributed by atoms with Gasteiger partial charge in [-0.05, 0) is 42.5 Å². The second-order valence-corrected chi connectivity index (χ2v) is 5.59. The zero-order valence-electron chi connectivity index (χ0n) is 12.2. The van der Waals surface area contributed by atoms with Crippen LogP contribution < -0.4 is 10.6 Å². The van der Waals surface area contributed by atoms with Crippen LogP contribution in [0.3, 0.4) is 0 Å². The molecule has 0 atom stereocenters. The number of anilines is 3. The number of nitrogens with zero attached hydrogens (tertiary/aromatic N) is 3. The molecule has 0 aliphatic carbocycles. The van der Waals surface area contributed by atoms with Gasteiger partial charge in [-0.25, -0.2) is 0 Å². The Hall–Kier alpha value is -2.70. The molecule has 1 amide bonds. The Balaban J connectivity index is 1.68. The highest BCUT2D eigenvalue weighted by Gasteiger charge is 2.08. The van der Waals surface area contributed by atoms with E-state index in [2.05, 4.69) is 25.8 Å². The van der Waals surface area contributed by atoms with Gasteiger partial charge in [0, 0.05) is 17.4 Å². The average Bonchev–Trinajstić information content (AvgIpc) is 2.60. The molecule has 24 heavy (non-hydrogen) atoms. The van der Waals surface area contributed by atoms with E-state index in [-0.39, 0.29) is 5.91 Å². The van der Waals surface area contributed by atoms with Crippen LogP contribution >= 0.6 is 23.2 Å². The molecule has 0 bridgehead atoms. The number of benzene rings is 1. The molecule has 0 fully saturated rings. The van der Waals surface area contributed by atoms with Gasteiger partial charge in [0.2, 0.25) is 0 Å². The van der Waals surface area contributed by atoms with Crippen LogP contribution in [0, 0.1) is 0 Å². The summed E-state index contributed by atoms with van der Waals surface area (Å²) in [5.74, 6) is 0.508. The molecule has 0 saturated carbocycles. The number of rotatable bonds is 4. The van der Waals surface area contributed by atoms with E-state index in [4.69, 9.17) is 23.2 Å². The van der Waals surface area contributed by atoms with Crippen molar-refractivity contribution in [2.24, 2.45) is 0 Å². The Kier molecular flexibility index (Phi) is 4.88. The predicted molar refractivity (Wildman–Crippen MR) is 94.0 cm³/mol. The summed E-state index contributed by atoms with van der Waals surface area (Å²) in [6.07, 6.45) is 3.07. The van der Waals surface area contributed by atoms with Crippen molar-refractivity contribution in [1.82, 2.24) is 15.2 Å². The number of carbonyl (C=O) groups excluding carboxylic acids is 1. The van der Waals surface area contributed by atoms with Crippen LogP contribution in [-0.2, 0) is 0 Å². The first-order chi connectivity index (χ1) is 11.6. The van der Waals surface area contributed by atoms with E-state index in [0.29, 0.717) is 32.9 Å². The summed E-state index contributed by atoms with van der Waals surface area (Å²) in [5, 5.41) is 14.6. The van der Waals surface area contributed by atoms with Crippen molar-refractivity contribution in [3.8, 4) is 0 Å². The second kappa shape index (κ2) is 7.25. The van der Waals surface area contributed by atoms with Gasteiger partial charge >= 0.3 is 0 Å². The normalized spacial score (nSPS) is 10.2. The first-order valence-corrected chi connectivity index (χ1v) is 7.64. The molecule has 0 radical (unpaired) electrons. The topological polar surface area (TPSA) is 79.8 Å². The molecule has 2 heterocycles. The van der Waals surface area contributed by atoms with Crippen LogP contribution in [0.2, 0.25) is 10.0 Å². The molecule has 2 aromatic heterocycles. The fraction of sp³-hybridized carbons (Fsp3) is 0. The van der Waals surface area contributed by atoms with Gasteiger partial charge in [0.1, 0.15) is 0 Å². The minimum Gasteiger partial charge on any atom is -0.338 e. The molecule has 6 nitrogen and oxygen atoms in total. The number of pyridine rings is 1. The van der Waals surface area contributed by atoms with E-state index in [0.717, 1.165) is 0 Å². The highest BCUT2D eigenvalue weighted by Crippen LogP contribution is 2.27. The minimum atomic E-state index is -0.307. The second-order valence-electron chi connectivity index (χ2n) is 4.75. The lowest BCUT2D eigenvalue weighted by Gasteiger charge is -2.08. The van der Waals surface area contributed by atoms with Gasteiger partial charge in [0.25, 0.3) is 5.91 Å². The van der Waals surface area contributed by atoms with Crippen LogP contribution in [0.4, 0.5) is 17.3 Å². The molecule has 3 aromatic rings. The SMILES string of the molecule is O=C(Nc1ccc(Nc2ccc(Cl)cc2Cl)nn1)c1cccnc1. The number of carbonyl (C=O) groups is 1. The van der Waals surface area contributed by atoms with Gasteiger partial charge < -0.3 is 10.6 Å². The minimum absolute atomic E-state index is 0.307. The molecule has 0 unspecified atom stereocenters. The predicted octanol–water partition coefficient (Wildman–Crippen LogP) is 4.17. The van der Waals surface area contributed by atoms with Crippen molar-refractivity contribution in [2.75, 3.05) is 10.6 Å². The molecule has 0 aliphatic rings. The Labute approximate surface area is 147 Å². The first-order valence-electron chi connectivity index (χ1n) is 6.89. The van der Waals surface area contributed by atoms with E-state index in [1.165, 1.54) is 6.20 Å². The van der Waals surface area contributed by atoms with Gasteiger partial charge in [-0.3, -0.25) is 9.78 Å². The zero-order chi connectivity index (χ0) is 16.9. The zero-order valence-corrected chi connectivity index (χ0v) is 13.7. The lowest BCUT2D eigenvalue weighted by Crippen LogP contribution is -2.13. The molecule has 0 saturated heterocycles. The number of aromatic nitrogens is 3. The number of hydrogen-bond acceptors (Lipinski definition) is 5. The van der Waals surface area contributed by atoms with E-state index in [9.17, 15) is 4.79 Å². The van der Waals surface area contributed by atoms with Gasteiger partial charge in [0.05, 0.1) is 16.3 Å². The third kappa shape index (κ3) is 3.98. The maximum atomic E-state index is 12.0. The third-order valence-electron chi connectivity index (χ3n) is 3.02. The maximum Gasteiger partial charge on any atom is 0.258 e. The number of amides is 1. The molecule has 0 aliphatic heterocycles. The average molecular weight is 360 g/mol. The fourth-order valence-electron chi connectivity index (χ4n) is 1.88. The van der Waals surface area contributed by atoms with Gasteiger partial charge in [-0.2, -0.15) is 0 Å². The molecule has 1 aromatic carbocycles. The van der Waals surface area contributed by atoms with E-state index in [1.54, 1.807) is 48.7 Å². The van der Waals surface area contributed by atoms with Crippen molar-refractivity contribution in [3.63, 3.8) is 0 Å². The molecular formula is C16H11Cl2N5O. The molecule has 0 spiro atoms. The largest absolute Gasteiger partial charge is 0.338 e. The first kappa shape index (κ1) is 16.2. The lowest BCUT2D eigenvalue weighted by atomic mass is 10.3. The van der Waals surface area contributed by atoms with Gasteiger partial charge in [-0.15, -0.1) is 10.2 Å². The standard InChI is InChI=1S/C16H11Cl2N5O/c17-11-3-4-13(12(18)8-11)20-14-5-6-15(23-22-14)21-16(24)10-2-1-7-19-9-10/h1-9H,(H,20,22)(H,21,23,24). The fourth-order valence-corrected chi connectivity index (χ4v) is 2.34. The summed E-state index contributed by atoms with van der Waals surface area (Å²) >= 11 is 11.9. The monoisotopic (exact) mass is 359 g/mol. The van der Waals surface area contributed by atoms with Crippen molar-refractivity contribution in [3.05, 3.63) is 70.5 Å². The Morgan fingerprint density at radius 2 is 1.79 bits per heavy atom. The highest BCUT2D eigenvalue weighted by molar-refractivity contribution is 6.36. The summed E-state index contributed by atoms with van der Waals surface area (Å²) in [4.78, 5) is 15.9. The number of halogens is 2. The number of hydrogen-bond donors (Lipinski definition) is 2.